The zero-order chi connectivity index (χ0) is 9.43. The molecule has 0 aromatic rings. The summed E-state index contributed by atoms with van der Waals surface area (Å²) in [6.07, 6.45) is 5.39. The average molecular weight is 196 g/mol. The Labute approximate surface area is 85.8 Å². The Kier molecular flexibility index (Phi) is 2.26. The molecule has 3 saturated heterocycles. The molecule has 0 amide bonds. The van der Waals surface area contributed by atoms with Crippen LogP contribution < -0.4 is 5.32 Å². The van der Waals surface area contributed by atoms with Gasteiger partial charge in [0.1, 0.15) is 0 Å². The fourth-order valence-electron chi connectivity index (χ4n) is 3.49. The highest BCUT2D eigenvalue weighted by Crippen LogP contribution is 2.37. The molecule has 3 aliphatic rings. The van der Waals surface area contributed by atoms with Gasteiger partial charge in [-0.15, -0.1) is 0 Å². The number of nitrogens with zero attached hydrogens (tertiary/aromatic N) is 1. The van der Waals surface area contributed by atoms with Crippen molar-refractivity contribution in [1.29, 1.82) is 0 Å². The molecule has 3 heterocycles. The highest BCUT2D eigenvalue weighted by atomic mass is 16.5. The number of hydrogen-bond donors (Lipinski definition) is 1. The SMILES string of the molecule is C1CN(C2CCOC2)C2(C1)CCNC2. The van der Waals surface area contributed by atoms with E-state index in [2.05, 4.69) is 10.2 Å². The maximum atomic E-state index is 5.51. The first-order chi connectivity index (χ1) is 6.91. The van der Waals surface area contributed by atoms with Crippen LogP contribution in [0.4, 0.5) is 0 Å². The summed E-state index contributed by atoms with van der Waals surface area (Å²) < 4.78 is 5.51. The topological polar surface area (TPSA) is 24.5 Å². The van der Waals surface area contributed by atoms with Crippen molar-refractivity contribution in [3.05, 3.63) is 0 Å². The van der Waals surface area contributed by atoms with Gasteiger partial charge in [0.15, 0.2) is 0 Å². The van der Waals surface area contributed by atoms with Gasteiger partial charge in [0.2, 0.25) is 0 Å². The van der Waals surface area contributed by atoms with Gasteiger partial charge in [0.05, 0.1) is 6.61 Å². The third-order valence-corrected chi connectivity index (χ3v) is 4.22. The standard InChI is InChI=1S/C11H20N2O/c1-3-11(4-5-12-9-11)13(6-1)10-2-7-14-8-10/h10,12H,1-9H2. The predicted octanol–water partition coefficient (Wildman–Crippen LogP) is 0.603. The van der Waals surface area contributed by atoms with Crippen LogP contribution in [0.3, 0.4) is 0 Å². The van der Waals surface area contributed by atoms with Crippen molar-refractivity contribution < 1.29 is 4.74 Å². The molecule has 14 heavy (non-hydrogen) atoms. The maximum Gasteiger partial charge on any atom is 0.0622 e. The third-order valence-electron chi connectivity index (χ3n) is 4.22. The quantitative estimate of drug-likeness (QED) is 0.665. The third kappa shape index (κ3) is 1.30. The smallest absolute Gasteiger partial charge is 0.0622 e. The average Bonchev–Trinajstić information content (AvgIpc) is 2.91. The summed E-state index contributed by atoms with van der Waals surface area (Å²) in [7, 11) is 0. The van der Waals surface area contributed by atoms with Gasteiger partial charge in [-0.25, -0.2) is 0 Å². The second kappa shape index (κ2) is 3.47. The molecule has 0 bridgehead atoms. The van der Waals surface area contributed by atoms with E-state index in [-0.39, 0.29) is 0 Å². The molecule has 2 atom stereocenters. The van der Waals surface area contributed by atoms with E-state index in [1.807, 2.05) is 0 Å². The Morgan fingerprint density at radius 3 is 3.07 bits per heavy atom. The molecular weight excluding hydrogens is 176 g/mol. The molecule has 3 fully saturated rings. The van der Waals surface area contributed by atoms with Gasteiger partial charge in [-0.3, -0.25) is 4.90 Å². The molecule has 0 radical (unpaired) electrons. The van der Waals surface area contributed by atoms with E-state index in [0.717, 1.165) is 19.3 Å². The largest absolute Gasteiger partial charge is 0.380 e. The Hall–Kier alpha value is -0.120. The van der Waals surface area contributed by atoms with Crippen LogP contribution in [0.15, 0.2) is 0 Å². The van der Waals surface area contributed by atoms with Gasteiger partial charge in [0, 0.05) is 24.7 Å². The van der Waals surface area contributed by atoms with Gasteiger partial charge in [0.25, 0.3) is 0 Å². The Morgan fingerprint density at radius 1 is 1.36 bits per heavy atom. The second-order valence-electron chi connectivity index (χ2n) is 4.97. The number of nitrogens with one attached hydrogen (secondary N) is 1. The Morgan fingerprint density at radius 2 is 2.36 bits per heavy atom. The van der Waals surface area contributed by atoms with Crippen LogP contribution in [0.5, 0.6) is 0 Å². The van der Waals surface area contributed by atoms with E-state index >= 15 is 0 Å². The first kappa shape index (κ1) is 9.13. The minimum Gasteiger partial charge on any atom is -0.380 e. The van der Waals surface area contributed by atoms with E-state index in [4.69, 9.17) is 4.74 Å². The first-order valence-corrected chi connectivity index (χ1v) is 5.96. The van der Waals surface area contributed by atoms with Crippen molar-refractivity contribution in [3.8, 4) is 0 Å². The highest BCUT2D eigenvalue weighted by Gasteiger charge is 2.46. The Bertz CT molecular complexity index is 202. The van der Waals surface area contributed by atoms with Gasteiger partial charge < -0.3 is 10.1 Å². The molecule has 3 rings (SSSR count). The summed E-state index contributed by atoms with van der Waals surface area (Å²) in [5.74, 6) is 0. The van der Waals surface area contributed by atoms with Crippen LogP contribution in [0.1, 0.15) is 25.7 Å². The van der Waals surface area contributed by atoms with Crippen LogP contribution in [-0.2, 0) is 4.74 Å². The van der Waals surface area contributed by atoms with E-state index in [1.165, 1.54) is 45.3 Å². The van der Waals surface area contributed by atoms with Crippen LogP contribution >= 0.6 is 0 Å². The number of rotatable bonds is 1. The van der Waals surface area contributed by atoms with Crippen molar-refractivity contribution in [1.82, 2.24) is 10.2 Å². The summed E-state index contributed by atoms with van der Waals surface area (Å²) in [6, 6.07) is 0.720. The summed E-state index contributed by atoms with van der Waals surface area (Å²) >= 11 is 0. The zero-order valence-electron chi connectivity index (χ0n) is 8.80. The highest BCUT2D eigenvalue weighted by molar-refractivity contribution is 5.04. The van der Waals surface area contributed by atoms with E-state index < -0.39 is 0 Å². The summed E-state index contributed by atoms with van der Waals surface area (Å²) in [5.41, 5.74) is 0.512. The molecule has 1 spiro atoms. The molecule has 3 nitrogen and oxygen atoms in total. The minimum absolute atomic E-state index is 0.512. The second-order valence-corrected chi connectivity index (χ2v) is 4.97. The molecule has 1 N–H and O–H groups in total. The van der Waals surface area contributed by atoms with Gasteiger partial charge >= 0.3 is 0 Å². The van der Waals surface area contributed by atoms with Crippen LogP contribution in [-0.4, -0.2) is 49.3 Å². The van der Waals surface area contributed by atoms with Crippen LogP contribution in [0, 0.1) is 0 Å². The lowest BCUT2D eigenvalue weighted by molar-refractivity contribution is 0.0851. The fourth-order valence-corrected chi connectivity index (χ4v) is 3.49. The van der Waals surface area contributed by atoms with Crippen molar-refractivity contribution >= 4 is 0 Å². The van der Waals surface area contributed by atoms with Gasteiger partial charge in [-0.2, -0.15) is 0 Å². The first-order valence-electron chi connectivity index (χ1n) is 5.96. The van der Waals surface area contributed by atoms with Crippen molar-refractivity contribution in [3.63, 3.8) is 0 Å². The monoisotopic (exact) mass is 196 g/mol. The molecule has 3 heteroatoms. The Balaban J connectivity index is 1.76. The predicted molar refractivity (Wildman–Crippen MR) is 55.4 cm³/mol. The summed E-state index contributed by atoms with van der Waals surface area (Å²) in [6.45, 7) is 5.68. The van der Waals surface area contributed by atoms with E-state index in [9.17, 15) is 0 Å². The van der Waals surface area contributed by atoms with E-state index in [1.54, 1.807) is 0 Å². The van der Waals surface area contributed by atoms with Crippen molar-refractivity contribution in [2.24, 2.45) is 0 Å². The maximum absolute atomic E-state index is 5.51. The molecular formula is C11H20N2O. The molecule has 0 saturated carbocycles. The van der Waals surface area contributed by atoms with Crippen molar-refractivity contribution in [2.75, 3.05) is 32.8 Å². The molecule has 3 aliphatic heterocycles. The number of hydrogen-bond acceptors (Lipinski definition) is 3. The van der Waals surface area contributed by atoms with Crippen LogP contribution in [0.2, 0.25) is 0 Å². The lowest BCUT2D eigenvalue weighted by Gasteiger charge is -2.38. The molecule has 0 aromatic carbocycles. The minimum atomic E-state index is 0.512. The van der Waals surface area contributed by atoms with Crippen LogP contribution in [0.25, 0.3) is 0 Å². The summed E-state index contributed by atoms with van der Waals surface area (Å²) in [5, 5.41) is 3.53. The summed E-state index contributed by atoms with van der Waals surface area (Å²) in [4.78, 5) is 2.75. The molecule has 0 aliphatic carbocycles. The molecule has 0 aromatic heterocycles. The molecule has 2 unspecified atom stereocenters. The van der Waals surface area contributed by atoms with Gasteiger partial charge in [-0.1, -0.05) is 0 Å². The number of ether oxygens (including phenoxy) is 1. The van der Waals surface area contributed by atoms with Gasteiger partial charge in [-0.05, 0) is 38.8 Å². The molecule has 80 valence electrons. The normalized spacial score (nSPS) is 44.1. The zero-order valence-corrected chi connectivity index (χ0v) is 8.80. The fraction of sp³-hybridized carbons (Fsp3) is 1.00. The van der Waals surface area contributed by atoms with Crippen molar-refractivity contribution in [2.45, 2.75) is 37.3 Å². The lowest BCUT2D eigenvalue weighted by Crippen LogP contribution is -2.51. The number of likely N-dealkylation sites (tertiary alicyclic amines) is 1. The van der Waals surface area contributed by atoms with E-state index in [0.29, 0.717) is 5.54 Å². The lowest BCUT2D eigenvalue weighted by atomic mass is 9.94.